The van der Waals surface area contributed by atoms with Crippen LogP contribution in [0.15, 0.2) is 47.6 Å². The van der Waals surface area contributed by atoms with Gasteiger partial charge in [-0.3, -0.25) is 0 Å². The zero-order chi connectivity index (χ0) is 18.2. The van der Waals surface area contributed by atoms with E-state index < -0.39 is 12.1 Å². The number of hydrogen-bond donors (Lipinski definition) is 1. The van der Waals surface area contributed by atoms with Gasteiger partial charge in [-0.05, 0) is 48.0 Å². The summed E-state index contributed by atoms with van der Waals surface area (Å²) in [4.78, 5) is 23.1. The average Bonchev–Trinajstić information content (AvgIpc) is 2.63. The highest BCUT2D eigenvalue weighted by Crippen LogP contribution is 2.28. The van der Waals surface area contributed by atoms with Gasteiger partial charge in [-0.2, -0.15) is 5.10 Å². The van der Waals surface area contributed by atoms with E-state index in [-0.39, 0.29) is 5.75 Å². The largest absolute Gasteiger partial charge is 0.493 e. The second-order valence-corrected chi connectivity index (χ2v) is 5.10. The number of carbonyl (C=O) groups is 2. The number of methoxy groups -OCH3 is 2. The number of rotatable bonds is 5. The van der Waals surface area contributed by atoms with Gasteiger partial charge in [0.25, 0.3) is 0 Å². The van der Waals surface area contributed by atoms with Gasteiger partial charge in [0, 0.05) is 5.02 Å². The molecule has 0 saturated heterocycles. The van der Waals surface area contributed by atoms with Gasteiger partial charge in [-0.15, -0.1) is 0 Å². The molecule has 0 aliphatic carbocycles. The lowest BCUT2D eigenvalue weighted by Crippen LogP contribution is -2.16. The predicted molar refractivity (Wildman–Crippen MR) is 92.5 cm³/mol. The number of hydrazone groups is 1. The van der Waals surface area contributed by atoms with E-state index in [0.29, 0.717) is 21.9 Å². The lowest BCUT2D eigenvalue weighted by atomic mass is 10.2. The maximum atomic E-state index is 12.1. The van der Waals surface area contributed by atoms with E-state index in [0.717, 1.165) is 0 Å². The number of amides is 1. The Bertz CT molecular complexity index is 790. The summed E-state index contributed by atoms with van der Waals surface area (Å²) in [7, 11) is 2.68. The Morgan fingerprint density at radius 3 is 2.44 bits per heavy atom. The van der Waals surface area contributed by atoms with E-state index in [2.05, 4.69) is 15.3 Å². The van der Waals surface area contributed by atoms with Crippen molar-refractivity contribution in [2.24, 2.45) is 5.10 Å². The Kier molecular flexibility index (Phi) is 6.36. The Labute approximate surface area is 149 Å². The van der Waals surface area contributed by atoms with Gasteiger partial charge in [-0.25, -0.2) is 15.0 Å². The fourth-order valence-corrected chi connectivity index (χ4v) is 1.92. The van der Waals surface area contributed by atoms with Crippen LogP contribution in [0.3, 0.4) is 0 Å². The van der Waals surface area contributed by atoms with Crippen molar-refractivity contribution in [1.29, 1.82) is 0 Å². The molecule has 2 rings (SSSR count). The van der Waals surface area contributed by atoms with E-state index in [1.165, 1.54) is 20.4 Å². The Morgan fingerprint density at radius 2 is 1.80 bits per heavy atom. The lowest BCUT2D eigenvalue weighted by molar-refractivity contribution is 0.0729. The standard InChI is InChI=1S/C17H15ClN2O5/c1-23-15-9-11(10-19-20-17(22)24-2)3-8-14(15)25-16(21)12-4-6-13(18)7-5-12/h3-10H,1-2H3,(H,20,22). The zero-order valence-corrected chi connectivity index (χ0v) is 14.2. The summed E-state index contributed by atoms with van der Waals surface area (Å²) in [6.07, 6.45) is 0.710. The molecule has 0 aliphatic heterocycles. The van der Waals surface area contributed by atoms with Crippen molar-refractivity contribution in [1.82, 2.24) is 5.43 Å². The van der Waals surface area contributed by atoms with E-state index in [1.54, 1.807) is 42.5 Å². The maximum absolute atomic E-state index is 12.1. The number of hydrogen-bond acceptors (Lipinski definition) is 6. The van der Waals surface area contributed by atoms with Crippen LogP contribution in [0.5, 0.6) is 11.5 Å². The number of nitrogens with one attached hydrogen (secondary N) is 1. The van der Waals surface area contributed by atoms with E-state index in [4.69, 9.17) is 21.1 Å². The van der Waals surface area contributed by atoms with Crippen LogP contribution in [0.4, 0.5) is 4.79 Å². The summed E-state index contributed by atoms with van der Waals surface area (Å²) in [5, 5.41) is 4.24. The van der Waals surface area contributed by atoms with Crippen molar-refractivity contribution in [3.8, 4) is 11.5 Å². The third-order valence-electron chi connectivity index (χ3n) is 3.03. The van der Waals surface area contributed by atoms with E-state index in [1.807, 2.05) is 0 Å². The monoisotopic (exact) mass is 362 g/mol. The molecule has 0 radical (unpaired) electrons. The molecule has 0 spiro atoms. The summed E-state index contributed by atoms with van der Waals surface area (Å²) in [5.41, 5.74) is 3.15. The Morgan fingerprint density at radius 1 is 1.08 bits per heavy atom. The number of benzene rings is 2. The van der Waals surface area contributed by atoms with Crippen LogP contribution in [-0.4, -0.2) is 32.5 Å². The smallest absolute Gasteiger partial charge is 0.427 e. The number of carbonyl (C=O) groups excluding carboxylic acids is 2. The van der Waals surface area contributed by atoms with Crippen LogP contribution in [0, 0.1) is 0 Å². The zero-order valence-electron chi connectivity index (χ0n) is 13.5. The summed E-state index contributed by atoms with van der Waals surface area (Å²) in [6.45, 7) is 0. The highest BCUT2D eigenvalue weighted by Gasteiger charge is 2.12. The molecule has 1 N–H and O–H groups in total. The van der Waals surface area contributed by atoms with Crippen molar-refractivity contribution >= 4 is 29.9 Å². The first-order valence-electron chi connectivity index (χ1n) is 7.06. The summed E-state index contributed by atoms with van der Waals surface area (Å²) in [6, 6.07) is 11.1. The minimum atomic E-state index is -0.684. The van der Waals surface area contributed by atoms with E-state index in [9.17, 15) is 9.59 Å². The van der Waals surface area contributed by atoms with Crippen LogP contribution in [0.2, 0.25) is 5.02 Å². The molecule has 25 heavy (non-hydrogen) atoms. The minimum Gasteiger partial charge on any atom is -0.493 e. The Hall–Kier alpha value is -3.06. The van der Waals surface area contributed by atoms with Crippen LogP contribution in [-0.2, 0) is 4.74 Å². The van der Waals surface area contributed by atoms with Gasteiger partial charge in [-0.1, -0.05) is 11.6 Å². The second-order valence-electron chi connectivity index (χ2n) is 4.67. The van der Waals surface area contributed by atoms with Crippen molar-refractivity contribution in [3.63, 3.8) is 0 Å². The minimum absolute atomic E-state index is 0.250. The molecule has 0 bridgehead atoms. The SMILES string of the molecule is COC(=O)NN=Cc1ccc(OC(=O)c2ccc(Cl)cc2)c(OC)c1. The third-order valence-corrected chi connectivity index (χ3v) is 3.28. The third kappa shape index (κ3) is 5.22. The summed E-state index contributed by atoms with van der Waals surface area (Å²) in [5.74, 6) is 0.0496. The Balaban J connectivity index is 2.12. The fraction of sp³-hybridized carbons (Fsp3) is 0.118. The molecular weight excluding hydrogens is 348 g/mol. The van der Waals surface area contributed by atoms with Crippen molar-refractivity contribution in [2.75, 3.05) is 14.2 Å². The number of ether oxygens (including phenoxy) is 3. The molecule has 0 aromatic heterocycles. The molecule has 0 saturated carbocycles. The highest BCUT2D eigenvalue weighted by molar-refractivity contribution is 6.30. The molecule has 0 unspecified atom stereocenters. The van der Waals surface area contributed by atoms with Gasteiger partial charge in [0.2, 0.25) is 0 Å². The quantitative estimate of drug-likeness (QED) is 0.382. The number of nitrogens with zero attached hydrogens (tertiary/aromatic N) is 1. The van der Waals surface area contributed by atoms with Crippen molar-refractivity contribution in [2.45, 2.75) is 0 Å². The second kappa shape index (κ2) is 8.70. The molecular formula is C17H15ClN2O5. The molecule has 7 nitrogen and oxygen atoms in total. The molecule has 0 atom stereocenters. The van der Waals surface area contributed by atoms with Crippen molar-refractivity contribution < 1.29 is 23.8 Å². The molecule has 2 aromatic carbocycles. The molecule has 130 valence electrons. The van der Waals surface area contributed by atoms with Gasteiger partial charge in [0.1, 0.15) is 0 Å². The summed E-state index contributed by atoms with van der Waals surface area (Å²) >= 11 is 5.79. The van der Waals surface area contributed by atoms with E-state index >= 15 is 0 Å². The number of esters is 1. The molecule has 1 amide bonds. The first-order chi connectivity index (χ1) is 12.0. The lowest BCUT2D eigenvalue weighted by Gasteiger charge is -2.10. The maximum Gasteiger partial charge on any atom is 0.427 e. The van der Waals surface area contributed by atoms with Crippen LogP contribution in [0.1, 0.15) is 15.9 Å². The van der Waals surface area contributed by atoms with Gasteiger partial charge in [0.05, 0.1) is 26.0 Å². The van der Waals surface area contributed by atoms with Crippen molar-refractivity contribution in [3.05, 3.63) is 58.6 Å². The van der Waals surface area contributed by atoms with Crippen LogP contribution < -0.4 is 14.9 Å². The topological polar surface area (TPSA) is 86.2 Å². The molecule has 0 fully saturated rings. The molecule has 0 aliphatic rings. The first kappa shape index (κ1) is 18.3. The molecule has 8 heteroatoms. The molecule has 0 heterocycles. The normalized spacial score (nSPS) is 10.4. The number of halogens is 1. The van der Waals surface area contributed by atoms with Crippen LogP contribution >= 0.6 is 11.6 Å². The fourth-order valence-electron chi connectivity index (χ4n) is 1.80. The van der Waals surface area contributed by atoms with Crippen LogP contribution in [0.25, 0.3) is 0 Å². The summed E-state index contributed by atoms with van der Waals surface area (Å²) < 4.78 is 14.9. The first-order valence-corrected chi connectivity index (χ1v) is 7.44. The average molecular weight is 363 g/mol. The highest BCUT2D eigenvalue weighted by atomic mass is 35.5. The predicted octanol–water partition coefficient (Wildman–Crippen LogP) is 3.26. The van der Waals surface area contributed by atoms with Gasteiger partial charge in [0.15, 0.2) is 11.5 Å². The van der Waals surface area contributed by atoms with Gasteiger partial charge < -0.3 is 14.2 Å². The molecule has 2 aromatic rings. The van der Waals surface area contributed by atoms with Gasteiger partial charge >= 0.3 is 12.1 Å².